The van der Waals surface area contributed by atoms with Crippen LogP contribution < -0.4 is 5.32 Å². The molecule has 1 unspecified atom stereocenters. The fraction of sp³-hybridized carbons (Fsp3) is 0.714. The minimum Gasteiger partial charge on any atom is -0.381 e. The van der Waals surface area contributed by atoms with E-state index in [1.54, 1.807) is 7.11 Å². The highest BCUT2D eigenvalue weighted by atomic mass is 16.5. The van der Waals surface area contributed by atoms with Gasteiger partial charge in [-0.3, -0.25) is 0 Å². The average molecular weight is 251 g/mol. The van der Waals surface area contributed by atoms with Crippen LogP contribution in [0, 0.1) is 12.8 Å². The average Bonchev–Trinajstić information content (AvgIpc) is 2.27. The van der Waals surface area contributed by atoms with Gasteiger partial charge >= 0.3 is 0 Å². The van der Waals surface area contributed by atoms with Gasteiger partial charge in [-0.05, 0) is 32.4 Å². The summed E-state index contributed by atoms with van der Waals surface area (Å²) in [6, 6.07) is 2.04. The van der Waals surface area contributed by atoms with Crippen molar-refractivity contribution in [3.8, 4) is 0 Å². The van der Waals surface area contributed by atoms with Crippen molar-refractivity contribution in [2.24, 2.45) is 5.92 Å². The molecule has 4 nitrogen and oxygen atoms in total. The van der Waals surface area contributed by atoms with Crippen LogP contribution in [0.2, 0.25) is 0 Å². The summed E-state index contributed by atoms with van der Waals surface area (Å²) >= 11 is 0. The van der Waals surface area contributed by atoms with Gasteiger partial charge in [-0.1, -0.05) is 13.8 Å². The fourth-order valence-electron chi connectivity index (χ4n) is 1.71. The SMILES string of the molecule is COC(C)Cc1nc(C)cc(CNCC(C)C)n1. The predicted molar refractivity (Wildman–Crippen MR) is 73.5 cm³/mol. The molecule has 0 spiro atoms. The number of aryl methyl sites for hydroxylation is 1. The number of hydrogen-bond acceptors (Lipinski definition) is 4. The first kappa shape index (κ1) is 15.1. The molecule has 0 fully saturated rings. The summed E-state index contributed by atoms with van der Waals surface area (Å²) in [7, 11) is 1.71. The Balaban J connectivity index is 2.62. The summed E-state index contributed by atoms with van der Waals surface area (Å²) in [5.74, 6) is 1.52. The first-order valence-corrected chi connectivity index (χ1v) is 6.58. The number of nitrogens with one attached hydrogen (secondary N) is 1. The smallest absolute Gasteiger partial charge is 0.131 e. The third-order valence-corrected chi connectivity index (χ3v) is 2.68. The van der Waals surface area contributed by atoms with Crippen LogP contribution in [0.4, 0.5) is 0 Å². The number of rotatable bonds is 7. The van der Waals surface area contributed by atoms with Gasteiger partial charge in [0.2, 0.25) is 0 Å². The molecule has 1 N–H and O–H groups in total. The third kappa shape index (κ3) is 5.56. The first-order chi connectivity index (χ1) is 8.51. The summed E-state index contributed by atoms with van der Waals surface area (Å²) in [5, 5.41) is 3.40. The van der Waals surface area contributed by atoms with Crippen molar-refractivity contribution in [2.45, 2.75) is 46.8 Å². The maximum absolute atomic E-state index is 5.25. The number of ether oxygens (including phenoxy) is 1. The van der Waals surface area contributed by atoms with E-state index in [-0.39, 0.29) is 6.10 Å². The molecule has 0 aromatic carbocycles. The molecule has 0 bridgehead atoms. The molecule has 4 heteroatoms. The zero-order chi connectivity index (χ0) is 13.5. The lowest BCUT2D eigenvalue weighted by Crippen LogP contribution is -2.21. The highest BCUT2D eigenvalue weighted by molar-refractivity contribution is 5.10. The Hall–Kier alpha value is -1.00. The normalized spacial score (nSPS) is 13.0. The maximum atomic E-state index is 5.25. The van der Waals surface area contributed by atoms with Crippen LogP contribution in [0.25, 0.3) is 0 Å². The molecule has 0 aliphatic rings. The van der Waals surface area contributed by atoms with Crippen LogP contribution in [0.3, 0.4) is 0 Å². The van der Waals surface area contributed by atoms with E-state index >= 15 is 0 Å². The van der Waals surface area contributed by atoms with Crippen molar-refractivity contribution in [3.63, 3.8) is 0 Å². The highest BCUT2D eigenvalue weighted by Gasteiger charge is 2.07. The minimum atomic E-state index is 0.156. The summed E-state index contributed by atoms with van der Waals surface area (Å²) in [4.78, 5) is 9.01. The number of aromatic nitrogens is 2. The van der Waals surface area contributed by atoms with Gasteiger partial charge in [-0.25, -0.2) is 9.97 Å². The van der Waals surface area contributed by atoms with Gasteiger partial charge in [-0.2, -0.15) is 0 Å². The van der Waals surface area contributed by atoms with E-state index < -0.39 is 0 Å². The van der Waals surface area contributed by atoms with Gasteiger partial charge in [0.05, 0.1) is 11.8 Å². The lowest BCUT2D eigenvalue weighted by molar-refractivity contribution is 0.117. The molecule has 0 radical (unpaired) electrons. The molecule has 0 aliphatic carbocycles. The van der Waals surface area contributed by atoms with E-state index in [0.29, 0.717) is 5.92 Å². The van der Waals surface area contributed by atoms with Crippen LogP contribution >= 0.6 is 0 Å². The van der Waals surface area contributed by atoms with Crippen molar-refractivity contribution < 1.29 is 4.74 Å². The van der Waals surface area contributed by atoms with E-state index in [4.69, 9.17) is 4.74 Å². The standard InChI is InChI=1S/C14H25N3O/c1-10(2)8-15-9-13-6-11(3)16-14(17-13)7-12(4)18-5/h6,10,12,15H,7-9H2,1-5H3. The van der Waals surface area contributed by atoms with Crippen molar-refractivity contribution in [1.29, 1.82) is 0 Å². The fourth-order valence-corrected chi connectivity index (χ4v) is 1.71. The van der Waals surface area contributed by atoms with Gasteiger partial charge < -0.3 is 10.1 Å². The summed E-state index contributed by atoms with van der Waals surface area (Å²) in [6.07, 6.45) is 0.915. The zero-order valence-electron chi connectivity index (χ0n) is 12.2. The Labute approximate surface area is 110 Å². The Morgan fingerprint density at radius 3 is 2.61 bits per heavy atom. The molecule has 1 atom stereocenters. The lowest BCUT2D eigenvalue weighted by atomic mass is 10.2. The van der Waals surface area contributed by atoms with Crippen LogP contribution in [-0.2, 0) is 17.7 Å². The van der Waals surface area contributed by atoms with Crippen LogP contribution in [-0.4, -0.2) is 29.7 Å². The van der Waals surface area contributed by atoms with Crippen molar-refractivity contribution in [3.05, 3.63) is 23.3 Å². The highest BCUT2D eigenvalue weighted by Crippen LogP contribution is 2.05. The molecule has 18 heavy (non-hydrogen) atoms. The van der Waals surface area contributed by atoms with Gasteiger partial charge in [0, 0.05) is 25.8 Å². The second-order valence-electron chi connectivity index (χ2n) is 5.19. The van der Waals surface area contributed by atoms with Crippen molar-refractivity contribution in [2.75, 3.05) is 13.7 Å². The van der Waals surface area contributed by atoms with Gasteiger partial charge in [0.1, 0.15) is 5.82 Å². The molecule has 102 valence electrons. The van der Waals surface area contributed by atoms with Gasteiger partial charge in [0.25, 0.3) is 0 Å². The summed E-state index contributed by atoms with van der Waals surface area (Å²) in [5.41, 5.74) is 2.08. The maximum Gasteiger partial charge on any atom is 0.131 e. The molecule has 0 saturated heterocycles. The monoisotopic (exact) mass is 251 g/mol. The van der Waals surface area contributed by atoms with Crippen molar-refractivity contribution in [1.82, 2.24) is 15.3 Å². The predicted octanol–water partition coefficient (Wildman–Crippen LogP) is 2.11. The molecule has 0 saturated carbocycles. The topological polar surface area (TPSA) is 47.0 Å². The second kappa shape index (κ2) is 7.44. The van der Waals surface area contributed by atoms with E-state index in [0.717, 1.165) is 36.7 Å². The van der Waals surface area contributed by atoms with Crippen molar-refractivity contribution >= 4 is 0 Å². The Bertz CT molecular complexity index is 366. The number of methoxy groups -OCH3 is 1. The zero-order valence-corrected chi connectivity index (χ0v) is 12.2. The van der Waals surface area contributed by atoms with E-state index in [2.05, 4.69) is 29.1 Å². The van der Waals surface area contributed by atoms with E-state index in [1.165, 1.54) is 0 Å². The molecule has 0 amide bonds. The third-order valence-electron chi connectivity index (χ3n) is 2.68. The molecular weight excluding hydrogens is 226 g/mol. The van der Waals surface area contributed by atoms with E-state index in [1.807, 2.05) is 19.9 Å². The lowest BCUT2D eigenvalue weighted by Gasteiger charge is -2.11. The van der Waals surface area contributed by atoms with Crippen LogP contribution in [0.5, 0.6) is 0 Å². The molecule has 1 aromatic heterocycles. The first-order valence-electron chi connectivity index (χ1n) is 6.58. The molecule has 1 aromatic rings. The minimum absolute atomic E-state index is 0.156. The number of nitrogens with zero attached hydrogens (tertiary/aromatic N) is 2. The van der Waals surface area contributed by atoms with E-state index in [9.17, 15) is 0 Å². The molecule has 1 rings (SSSR count). The summed E-state index contributed by atoms with van der Waals surface area (Å²) < 4.78 is 5.25. The van der Waals surface area contributed by atoms with Crippen LogP contribution in [0.15, 0.2) is 6.07 Å². The molecular formula is C14H25N3O. The Kier molecular flexibility index (Phi) is 6.22. The Morgan fingerprint density at radius 2 is 2.00 bits per heavy atom. The largest absolute Gasteiger partial charge is 0.381 e. The Morgan fingerprint density at radius 1 is 1.28 bits per heavy atom. The molecule has 1 heterocycles. The number of hydrogen-bond donors (Lipinski definition) is 1. The molecule has 0 aliphatic heterocycles. The van der Waals surface area contributed by atoms with Gasteiger partial charge in [0.15, 0.2) is 0 Å². The quantitative estimate of drug-likeness (QED) is 0.806. The second-order valence-corrected chi connectivity index (χ2v) is 5.19. The summed E-state index contributed by atoms with van der Waals surface area (Å²) in [6.45, 7) is 10.2. The van der Waals surface area contributed by atoms with Gasteiger partial charge in [-0.15, -0.1) is 0 Å². The van der Waals surface area contributed by atoms with Crippen LogP contribution in [0.1, 0.15) is 38.0 Å².